The van der Waals surface area contributed by atoms with Crippen molar-refractivity contribution in [3.63, 3.8) is 0 Å². The molecule has 2 atom stereocenters. The first kappa shape index (κ1) is 20.2. The van der Waals surface area contributed by atoms with Gasteiger partial charge in [0.05, 0.1) is 10.6 Å². The van der Waals surface area contributed by atoms with Crippen LogP contribution in [0, 0.1) is 12.8 Å². The van der Waals surface area contributed by atoms with Gasteiger partial charge in [-0.1, -0.05) is 38.0 Å². The highest BCUT2D eigenvalue weighted by molar-refractivity contribution is 8.18. The van der Waals surface area contributed by atoms with Crippen molar-refractivity contribution in [1.82, 2.24) is 4.90 Å². The zero-order valence-corrected chi connectivity index (χ0v) is 18.7. The predicted molar refractivity (Wildman–Crippen MR) is 125 cm³/mol. The van der Waals surface area contributed by atoms with E-state index >= 15 is 0 Å². The normalized spacial score (nSPS) is 25.6. The van der Waals surface area contributed by atoms with Crippen LogP contribution >= 0.6 is 11.8 Å². The second-order valence-corrected chi connectivity index (χ2v) is 9.42. The largest absolute Gasteiger partial charge is 0.454 e. The quantitative estimate of drug-likeness (QED) is 0.564. The number of hydrogen-bond donors (Lipinski definition) is 0. The van der Waals surface area contributed by atoms with Crippen molar-refractivity contribution in [2.75, 3.05) is 6.79 Å². The molecule has 6 heteroatoms. The van der Waals surface area contributed by atoms with Gasteiger partial charge in [0.1, 0.15) is 0 Å². The standard InChI is InChI=1S/C25H26N2O3S/c1-16-8-6-7-11-20(16)27-24(28)23(31-25(27)26-19-9-4-3-5-10-19)14-18-13-22-21(12-17(18)2)29-15-30-22/h3-5,9-10,12-14,16,20H,6-8,11,15H2,1-2H3/b23-14-,26-25?/t16-,20-/m1/s1. The number of carbonyl (C=O) groups excluding carboxylic acids is 1. The Morgan fingerprint density at radius 2 is 1.84 bits per heavy atom. The molecule has 2 heterocycles. The number of aryl methyl sites for hydroxylation is 1. The summed E-state index contributed by atoms with van der Waals surface area (Å²) < 4.78 is 11.0. The lowest BCUT2D eigenvalue weighted by Gasteiger charge is -2.35. The molecule has 5 rings (SSSR count). The van der Waals surface area contributed by atoms with Crippen molar-refractivity contribution in [2.24, 2.45) is 10.9 Å². The number of aliphatic imine (C=N–C) groups is 1. The molecule has 0 bridgehead atoms. The summed E-state index contributed by atoms with van der Waals surface area (Å²) in [5.74, 6) is 2.00. The van der Waals surface area contributed by atoms with Gasteiger partial charge in [-0.25, -0.2) is 4.99 Å². The summed E-state index contributed by atoms with van der Waals surface area (Å²) in [6, 6.07) is 14.0. The number of rotatable bonds is 3. The summed E-state index contributed by atoms with van der Waals surface area (Å²) in [5, 5.41) is 0.777. The van der Waals surface area contributed by atoms with Gasteiger partial charge in [0, 0.05) is 6.04 Å². The molecule has 2 fully saturated rings. The average molecular weight is 435 g/mol. The van der Waals surface area contributed by atoms with E-state index in [4.69, 9.17) is 14.5 Å². The third-order valence-corrected chi connectivity index (χ3v) is 7.25. The van der Waals surface area contributed by atoms with Gasteiger partial charge in [-0.2, -0.15) is 0 Å². The van der Waals surface area contributed by atoms with Crippen molar-refractivity contribution < 1.29 is 14.3 Å². The summed E-state index contributed by atoms with van der Waals surface area (Å²) >= 11 is 1.47. The monoisotopic (exact) mass is 434 g/mol. The van der Waals surface area contributed by atoms with Crippen LogP contribution in [0.4, 0.5) is 5.69 Å². The summed E-state index contributed by atoms with van der Waals surface area (Å²) in [6.45, 7) is 4.52. The molecule has 2 aromatic rings. The van der Waals surface area contributed by atoms with Crippen LogP contribution < -0.4 is 9.47 Å². The number of carbonyl (C=O) groups is 1. The van der Waals surface area contributed by atoms with Gasteiger partial charge in [-0.05, 0) is 78.9 Å². The first-order valence-electron chi connectivity index (χ1n) is 10.9. The molecule has 2 aliphatic heterocycles. The highest BCUT2D eigenvalue weighted by Gasteiger charge is 2.41. The molecule has 5 nitrogen and oxygen atoms in total. The Labute approximate surface area is 187 Å². The smallest absolute Gasteiger partial charge is 0.267 e. The van der Waals surface area contributed by atoms with Gasteiger partial charge < -0.3 is 9.47 Å². The van der Waals surface area contributed by atoms with Gasteiger partial charge in [0.15, 0.2) is 16.7 Å². The Kier molecular flexibility index (Phi) is 5.48. The van der Waals surface area contributed by atoms with E-state index in [-0.39, 0.29) is 18.7 Å². The molecule has 0 aromatic heterocycles. The lowest BCUT2D eigenvalue weighted by molar-refractivity contribution is -0.124. The Balaban J connectivity index is 1.53. The van der Waals surface area contributed by atoms with Crippen LogP contribution in [-0.4, -0.2) is 28.8 Å². The Morgan fingerprint density at radius 3 is 2.61 bits per heavy atom. The van der Waals surface area contributed by atoms with Gasteiger partial charge >= 0.3 is 0 Å². The minimum absolute atomic E-state index is 0.0514. The Bertz CT molecular complexity index is 1060. The van der Waals surface area contributed by atoms with E-state index in [1.807, 2.05) is 60.4 Å². The van der Waals surface area contributed by atoms with E-state index in [9.17, 15) is 4.79 Å². The van der Waals surface area contributed by atoms with E-state index in [0.717, 1.165) is 52.7 Å². The number of fused-ring (bicyclic) bond motifs is 1. The molecule has 1 saturated carbocycles. The zero-order valence-electron chi connectivity index (χ0n) is 17.8. The van der Waals surface area contributed by atoms with Gasteiger partial charge in [-0.3, -0.25) is 9.69 Å². The molecule has 0 radical (unpaired) electrons. The maximum Gasteiger partial charge on any atom is 0.267 e. The zero-order chi connectivity index (χ0) is 21.4. The molecule has 1 amide bonds. The molecule has 31 heavy (non-hydrogen) atoms. The van der Waals surface area contributed by atoms with Crippen molar-refractivity contribution in [2.45, 2.75) is 45.6 Å². The molecular weight excluding hydrogens is 408 g/mol. The summed E-state index contributed by atoms with van der Waals surface area (Å²) in [5.41, 5.74) is 2.89. The van der Waals surface area contributed by atoms with Crippen LogP contribution in [0.5, 0.6) is 11.5 Å². The third-order valence-electron chi connectivity index (χ3n) is 6.26. The predicted octanol–water partition coefficient (Wildman–Crippen LogP) is 5.91. The average Bonchev–Trinajstić information content (AvgIpc) is 3.34. The highest BCUT2D eigenvalue weighted by Crippen LogP contribution is 2.41. The fourth-order valence-electron chi connectivity index (χ4n) is 4.51. The van der Waals surface area contributed by atoms with E-state index in [1.165, 1.54) is 18.2 Å². The van der Waals surface area contributed by atoms with Crippen LogP contribution in [0.25, 0.3) is 6.08 Å². The Morgan fingerprint density at radius 1 is 1.10 bits per heavy atom. The lowest BCUT2D eigenvalue weighted by atomic mass is 9.85. The second-order valence-electron chi connectivity index (χ2n) is 8.41. The van der Waals surface area contributed by atoms with Crippen LogP contribution in [0.3, 0.4) is 0 Å². The molecule has 0 unspecified atom stereocenters. The Hall–Kier alpha value is -2.73. The second kappa shape index (κ2) is 8.42. The number of ether oxygens (including phenoxy) is 2. The van der Waals surface area contributed by atoms with Gasteiger partial charge in [0.2, 0.25) is 6.79 Å². The minimum Gasteiger partial charge on any atom is -0.454 e. The first-order chi connectivity index (χ1) is 15.1. The molecule has 3 aliphatic rings. The maximum atomic E-state index is 13.6. The number of nitrogens with zero attached hydrogens (tertiary/aromatic N) is 2. The topological polar surface area (TPSA) is 51.1 Å². The lowest BCUT2D eigenvalue weighted by Crippen LogP contribution is -2.44. The summed E-state index contributed by atoms with van der Waals surface area (Å²) in [7, 11) is 0. The number of amidine groups is 1. The van der Waals surface area contributed by atoms with Crippen molar-refractivity contribution >= 4 is 34.6 Å². The van der Waals surface area contributed by atoms with E-state index in [0.29, 0.717) is 10.8 Å². The summed E-state index contributed by atoms with van der Waals surface area (Å²) in [6.07, 6.45) is 6.54. The third kappa shape index (κ3) is 3.97. The number of amides is 1. The minimum atomic E-state index is 0.0514. The van der Waals surface area contributed by atoms with Crippen molar-refractivity contribution in [3.05, 3.63) is 58.5 Å². The van der Waals surface area contributed by atoms with Crippen LogP contribution in [0.1, 0.15) is 43.7 Å². The fourth-order valence-corrected chi connectivity index (χ4v) is 5.54. The molecule has 1 aliphatic carbocycles. The molecule has 1 saturated heterocycles. The van der Waals surface area contributed by atoms with Crippen molar-refractivity contribution in [3.8, 4) is 11.5 Å². The summed E-state index contributed by atoms with van der Waals surface area (Å²) in [4.78, 5) is 21.1. The van der Waals surface area contributed by atoms with E-state index in [1.54, 1.807) is 0 Å². The van der Waals surface area contributed by atoms with Crippen LogP contribution in [-0.2, 0) is 4.79 Å². The van der Waals surface area contributed by atoms with Crippen LogP contribution in [0.15, 0.2) is 52.4 Å². The maximum absolute atomic E-state index is 13.6. The van der Waals surface area contributed by atoms with Crippen molar-refractivity contribution in [1.29, 1.82) is 0 Å². The number of thioether (sulfide) groups is 1. The fraction of sp³-hybridized carbons (Fsp3) is 0.360. The van der Waals surface area contributed by atoms with E-state index in [2.05, 4.69) is 6.92 Å². The highest BCUT2D eigenvalue weighted by atomic mass is 32.2. The van der Waals surface area contributed by atoms with Gasteiger partial charge in [0.25, 0.3) is 5.91 Å². The van der Waals surface area contributed by atoms with E-state index < -0.39 is 0 Å². The number of hydrogen-bond acceptors (Lipinski definition) is 5. The molecule has 160 valence electrons. The first-order valence-corrected chi connectivity index (χ1v) is 11.7. The number of benzene rings is 2. The van der Waals surface area contributed by atoms with Gasteiger partial charge in [-0.15, -0.1) is 0 Å². The molecule has 0 N–H and O–H groups in total. The van der Waals surface area contributed by atoms with Crippen LogP contribution in [0.2, 0.25) is 0 Å². The SMILES string of the molecule is Cc1cc2c(cc1/C=C1\SC(=Nc3ccccc3)N([C@@H]3CCCC[C@H]3C)C1=O)OCO2. The molecule has 0 spiro atoms. The molecular formula is C25H26N2O3S. The molecule has 2 aromatic carbocycles. The number of para-hydroxylation sites is 1.